The van der Waals surface area contributed by atoms with Crippen molar-refractivity contribution in [1.82, 2.24) is 4.90 Å². The Hall–Kier alpha value is -1.35. The van der Waals surface area contributed by atoms with Crippen LogP contribution in [0.15, 0.2) is 47.5 Å². The van der Waals surface area contributed by atoms with Crippen LogP contribution in [0.25, 0.3) is 0 Å². The van der Waals surface area contributed by atoms with Crippen molar-refractivity contribution in [3.63, 3.8) is 0 Å². The Labute approximate surface area is 189 Å². The zero-order chi connectivity index (χ0) is 19.2. The summed E-state index contributed by atoms with van der Waals surface area (Å²) in [5, 5.41) is 3.94. The van der Waals surface area contributed by atoms with Crippen LogP contribution in [0.5, 0.6) is 0 Å². The third kappa shape index (κ3) is 6.62. The maximum atomic E-state index is 6.21. The lowest BCUT2D eigenvalue weighted by atomic mass is 10.0. The topological polar surface area (TPSA) is 62.9 Å². The molecule has 1 saturated heterocycles. The summed E-state index contributed by atoms with van der Waals surface area (Å²) in [5.41, 5.74) is 10.6. The van der Waals surface area contributed by atoms with Gasteiger partial charge in [0.1, 0.15) is 0 Å². The largest absolute Gasteiger partial charge is 0.379 e. The molecule has 1 atom stereocenters. The van der Waals surface area contributed by atoms with Gasteiger partial charge < -0.3 is 15.8 Å². The second-order valence-electron chi connectivity index (χ2n) is 6.95. The first kappa shape index (κ1) is 22.9. The van der Waals surface area contributed by atoms with Crippen LogP contribution in [0.2, 0.25) is 5.02 Å². The number of nitrogens with zero attached hydrogens (tertiary/aromatic N) is 2. The van der Waals surface area contributed by atoms with Crippen molar-refractivity contribution >= 4 is 47.2 Å². The molecule has 0 aliphatic carbocycles. The lowest BCUT2D eigenvalue weighted by Gasteiger charge is -2.34. The lowest BCUT2D eigenvalue weighted by Crippen LogP contribution is -2.40. The minimum atomic E-state index is 0. The van der Waals surface area contributed by atoms with E-state index in [2.05, 4.69) is 53.3 Å². The summed E-state index contributed by atoms with van der Waals surface area (Å²) in [4.78, 5) is 7.00. The summed E-state index contributed by atoms with van der Waals surface area (Å²) in [6.07, 6.45) is 0. The molecule has 0 spiro atoms. The molecule has 1 fully saturated rings. The fourth-order valence-corrected chi connectivity index (χ4v) is 3.65. The van der Waals surface area contributed by atoms with Crippen LogP contribution < -0.4 is 11.1 Å². The summed E-state index contributed by atoms with van der Waals surface area (Å²) >= 11 is 6.21. The summed E-state index contributed by atoms with van der Waals surface area (Å²) in [6, 6.07) is 14.3. The number of morpholine rings is 1. The first-order chi connectivity index (χ1) is 13.0. The van der Waals surface area contributed by atoms with Crippen molar-refractivity contribution in [3.05, 3.63) is 64.2 Å². The smallest absolute Gasteiger partial charge is 0.193 e. The van der Waals surface area contributed by atoms with Crippen molar-refractivity contribution in [2.75, 3.05) is 38.2 Å². The summed E-state index contributed by atoms with van der Waals surface area (Å²) in [6.45, 7) is 7.91. The summed E-state index contributed by atoms with van der Waals surface area (Å²) in [7, 11) is 0. The predicted octanol–water partition coefficient (Wildman–Crippen LogP) is 4.37. The average Bonchev–Trinajstić information content (AvgIpc) is 2.62. The van der Waals surface area contributed by atoms with Crippen molar-refractivity contribution < 1.29 is 4.74 Å². The van der Waals surface area contributed by atoms with Crippen LogP contribution in [-0.2, 0) is 4.74 Å². The molecule has 5 nitrogen and oxygen atoms in total. The van der Waals surface area contributed by atoms with E-state index in [1.54, 1.807) is 0 Å². The maximum Gasteiger partial charge on any atom is 0.193 e. The molecule has 1 unspecified atom stereocenters. The third-order valence-corrected chi connectivity index (χ3v) is 4.88. The minimum Gasteiger partial charge on any atom is -0.379 e. The van der Waals surface area contributed by atoms with Crippen LogP contribution >= 0.6 is 35.6 Å². The number of hydrogen-bond donors (Lipinski definition) is 2. The van der Waals surface area contributed by atoms with E-state index in [4.69, 9.17) is 22.1 Å². The molecule has 0 aromatic heterocycles. The first-order valence-electron chi connectivity index (χ1n) is 9.24. The monoisotopic (exact) mass is 514 g/mol. The minimum absolute atomic E-state index is 0. The van der Waals surface area contributed by atoms with Gasteiger partial charge in [-0.25, -0.2) is 0 Å². The second kappa shape index (κ2) is 11.0. The molecule has 1 aliphatic rings. The zero-order valence-corrected chi connectivity index (χ0v) is 19.4. The van der Waals surface area contributed by atoms with Crippen molar-refractivity contribution in [1.29, 1.82) is 0 Å². The number of aliphatic imine (C=N–C) groups is 1. The maximum absolute atomic E-state index is 6.21. The molecule has 3 rings (SSSR count). The Balaban J connectivity index is 0.00000280. The standard InChI is InChI=1S/C21H27ClN4O.HI/c1-15-10-16(2)12-19(11-15)25-21(23)24-14-20(26-6-8-27-9-7-26)17-4-3-5-18(22)13-17;/h3-5,10-13,20H,6-9,14H2,1-2H3,(H3,23,24,25);1H. The van der Waals surface area contributed by atoms with Crippen molar-refractivity contribution in [3.8, 4) is 0 Å². The van der Waals surface area contributed by atoms with Crippen LogP contribution in [0.1, 0.15) is 22.7 Å². The number of nitrogens with two attached hydrogens (primary N) is 1. The molecule has 1 heterocycles. The Morgan fingerprint density at radius 2 is 1.86 bits per heavy atom. The molecule has 2 aromatic rings. The Kier molecular flexibility index (Phi) is 9.01. The van der Waals surface area contributed by atoms with Gasteiger partial charge in [0.15, 0.2) is 5.96 Å². The van der Waals surface area contributed by atoms with Gasteiger partial charge in [0, 0.05) is 23.8 Å². The number of rotatable bonds is 5. The van der Waals surface area contributed by atoms with Gasteiger partial charge in [-0.2, -0.15) is 0 Å². The molecule has 0 radical (unpaired) electrons. The van der Waals surface area contributed by atoms with Crippen molar-refractivity contribution in [2.24, 2.45) is 10.7 Å². The lowest BCUT2D eigenvalue weighted by molar-refractivity contribution is 0.0180. The van der Waals surface area contributed by atoms with E-state index >= 15 is 0 Å². The fourth-order valence-electron chi connectivity index (χ4n) is 3.45. The highest BCUT2D eigenvalue weighted by Gasteiger charge is 2.22. The van der Waals surface area contributed by atoms with Crippen LogP contribution in [-0.4, -0.2) is 43.7 Å². The van der Waals surface area contributed by atoms with Gasteiger partial charge in [0.05, 0.1) is 25.8 Å². The number of halogens is 2. The van der Waals surface area contributed by atoms with Gasteiger partial charge in [0.25, 0.3) is 0 Å². The number of guanidine groups is 1. The number of hydrogen-bond acceptors (Lipinski definition) is 3. The van der Waals surface area contributed by atoms with E-state index in [1.807, 2.05) is 18.2 Å². The quantitative estimate of drug-likeness (QED) is 0.353. The first-order valence-corrected chi connectivity index (χ1v) is 9.61. The molecule has 152 valence electrons. The highest BCUT2D eigenvalue weighted by atomic mass is 127. The van der Waals surface area contributed by atoms with E-state index < -0.39 is 0 Å². The number of ether oxygens (including phenoxy) is 1. The molecule has 7 heteroatoms. The molecule has 2 aromatic carbocycles. The van der Waals surface area contributed by atoms with Gasteiger partial charge in [-0.05, 0) is 54.8 Å². The zero-order valence-electron chi connectivity index (χ0n) is 16.3. The third-order valence-electron chi connectivity index (χ3n) is 4.65. The van der Waals surface area contributed by atoms with Crippen molar-refractivity contribution in [2.45, 2.75) is 19.9 Å². The molecular formula is C21H28ClIN4O. The number of benzene rings is 2. The molecular weight excluding hydrogens is 487 g/mol. The SMILES string of the molecule is Cc1cc(C)cc(NC(N)=NCC(c2cccc(Cl)c2)N2CCOCC2)c1.I. The molecule has 1 aliphatic heterocycles. The van der Waals surface area contributed by atoms with Gasteiger partial charge in [-0.15, -0.1) is 24.0 Å². The summed E-state index contributed by atoms with van der Waals surface area (Å²) in [5.74, 6) is 0.417. The molecule has 0 amide bonds. The summed E-state index contributed by atoms with van der Waals surface area (Å²) < 4.78 is 5.50. The van der Waals surface area contributed by atoms with Gasteiger partial charge in [-0.1, -0.05) is 29.8 Å². The second-order valence-corrected chi connectivity index (χ2v) is 7.38. The Morgan fingerprint density at radius 3 is 2.50 bits per heavy atom. The molecule has 0 saturated carbocycles. The molecule has 28 heavy (non-hydrogen) atoms. The molecule has 3 N–H and O–H groups in total. The fraction of sp³-hybridized carbons (Fsp3) is 0.381. The predicted molar refractivity (Wildman–Crippen MR) is 128 cm³/mol. The highest BCUT2D eigenvalue weighted by molar-refractivity contribution is 14.0. The van der Waals surface area contributed by atoms with E-state index in [1.165, 1.54) is 11.1 Å². The number of anilines is 1. The van der Waals surface area contributed by atoms with E-state index in [0.717, 1.165) is 42.6 Å². The van der Waals surface area contributed by atoms with E-state index in [9.17, 15) is 0 Å². The Morgan fingerprint density at radius 1 is 1.18 bits per heavy atom. The average molecular weight is 515 g/mol. The van der Waals surface area contributed by atoms with Gasteiger partial charge >= 0.3 is 0 Å². The van der Waals surface area contributed by atoms with E-state index in [-0.39, 0.29) is 30.0 Å². The van der Waals surface area contributed by atoms with E-state index in [0.29, 0.717) is 12.5 Å². The van der Waals surface area contributed by atoms with Crippen LogP contribution in [0, 0.1) is 13.8 Å². The number of nitrogens with one attached hydrogen (secondary N) is 1. The molecule has 0 bridgehead atoms. The Bertz CT molecular complexity index is 788. The van der Waals surface area contributed by atoms with Crippen LogP contribution in [0.3, 0.4) is 0 Å². The normalized spacial score (nSPS) is 16.3. The number of aryl methyl sites for hydroxylation is 2. The highest BCUT2D eigenvalue weighted by Crippen LogP contribution is 2.25. The van der Waals surface area contributed by atoms with Gasteiger partial charge in [0.2, 0.25) is 0 Å². The van der Waals surface area contributed by atoms with Gasteiger partial charge in [-0.3, -0.25) is 9.89 Å². The van der Waals surface area contributed by atoms with Crippen LogP contribution in [0.4, 0.5) is 5.69 Å².